The highest BCUT2D eigenvalue weighted by Gasteiger charge is 2.22. The van der Waals surface area contributed by atoms with E-state index in [1.54, 1.807) is 0 Å². The maximum atomic E-state index is 11.1. The summed E-state index contributed by atoms with van der Waals surface area (Å²) in [6.07, 6.45) is 3.45. The maximum Gasteiger partial charge on any atom is 0.502 e. The second-order valence-corrected chi connectivity index (χ2v) is 6.47. The molecule has 0 amide bonds. The third kappa shape index (κ3) is 11.8. The van der Waals surface area contributed by atoms with Crippen LogP contribution in [0.25, 0.3) is 0 Å². The quantitative estimate of drug-likeness (QED) is 0.214. The molecule has 0 atom stereocenters. The Balaban J connectivity index is 3.45. The third-order valence-corrected chi connectivity index (χ3v) is 4.08. The molecule has 0 saturated carbocycles. The van der Waals surface area contributed by atoms with Gasteiger partial charge in [0.25, 0.3) is 0 Å². The van der Waals surface area contributed by atoms with Crippen molar-refractivity contribution < 1.29 is 18.5 Å². The minimum Gasteiger partial charge on any atom is -0.285 e. The molecule has 0 heterocycles. The molecule has 0 aromatic rings. The fourth-order valence-electron chi connectivity index (χ4n) is 0.783. The lowest BCUT2D eigenvalue weighted by atomic mass is 10.4. The molecule has 91 valence electrons. The van der Waals surface area contributed by atoms with E-state index in [9.17, 15) is 9.46 Å². The molecule has 0 aliphatic carbocycles. The summed E-state index contributed by atoms with van der Waals surface area (Å²) in [6.45, 7) is 0.464. The van der Waals surface area contributed by atoms with Gasteiger partial charge in [-0.05, 0) is 34.5 Å². The summed E-state index contributed by atoms with van der Waals surface area (Å²) >= 11 is 4.49. The van der Waals surface area contributed by atoms with E-state index in [-0.39, 0.29) is 13.2 Å². The Morgan fingerprint density at radius 2 is 1.27 bits per heavy atom. The Labute approximate surface area is 118 Å². The summed E-state index contributed by atoms with van der Waals surface area (Å²) < 4.78 is 22.5. The molecule has 0 fully saturated rings. The van der Waals surface area contributed by atoms with Gasteiger partial charge < -0.3 is 0 Å². The number of hydrogen-bond acceptors (Lipinski definition) is 3. The molecule has 7 heteroatoms. The van der Waals surface area contributed by atoms with Crippen molar-refractivity contribution in [1.29, 1.82) is 0 Å². The van der Waals surface area contributed by atoms with Crippen molar-refractivity contribution in [2.24, 2.45) is 0 Å². The second kappa shape index (κ2) is 10.7. The number of halogens is 2. The van der Waals surface area contributed by atoms with Crippen LogP contribution in [0.15, 0.2) is 0 Å². The van der Waals surface area contributed by atoms with Crippen molar-refractivity contribution in [2.75, 3.05) is 22.1 Å². The Bertz CT molecular complexity index is 175. The Morgan fingerprint density at radius 1 is 0.867 bits per heavy atom. The smallest absolute Gasteiger partial charge is 0.285 e. The zero-order chi connectivity index (χ0) is 11.6. The largest absolute Gasteiger partial charge is 0.502 e. The zero-order valence-corrected chi connectivity index (χ0v) is 13.7. The molecule has 0 bridgehead atoms. The fraction of sp³-hybridized carbons (Fsp3) is 1.00. The Kier molecular flexibility index (Phi) is 11.8. The molecule has 1 radical (unpaired) electrons. The van der Waals surface area contributed by atoms with Gasteiger partial charge in [0.2, 0.25) is 0 Å². The van der Waals surface area contributed by atoms with Crippen molar-refractivity contribution in [1.82, 2.24) is 0 Å². The van der Waals surface area contributed by atoms with Crippen LogP contribution in [0.3, 0.4) is 0 Å². The zero-order valence-electron chi connectivity index (χ0n) is 8.49. The van der Waals surface area contributed by atoms with E-state index in [2.05, 4.69) is 54.2 Å². The second-order valence-electron chi connectivity index (χ2n) is 2.91. The first-order valence-electron chi connectivity index (χ1n) is 4.84. The van der Waals surface area contributed by atoms with Crippen LogP contribution in [0.4, 0.5) is 0 Å². The highest BCUT2D eigenvalue weighted by Crippen LogP contribution is 2.44. The first-order valence-corrected chi connectivity index (χ1v) is 9.35. The van der Waals surface area contributed by atoms with Crippen molar-refractivity contribution in [3.8, 4) is 0 Å². The van der Waals surface area contributed by atoms with E-state index in [0.717, 1.165) is 34.5 Å². The third-order valence-electron chi connectivity index (χ3n) is 1.55. The molecule has 0 aliphatic heterocycles. The monoisotopic (exact) mass is 461 g/mol. The standard InChI is InChI=1S/C8H16I2O4P/c9-5-1-3-7-13-15(11,12)14-8-4-2-6-10/h1-8H2. The fourth-order valence-corrected chi connectivity index (χ4v) is 2.64. The molecule has 0 unspecified atom stereocenters. The van der Waals surface area contributed by atoms with E-state index in [4.69, 9.17) is 0 Å². The van der Waals surface area contributed by atoms with E-state index in [1.807, 2.05) is 0 Å². The lowest BCUT2D eigenvalue weighted by molar-refractivity contribution is 0.126. The van der Waals surface area contributed by atoms with Crippen LogP contribution in [0.5, 0.6) is 0 Å². The molecule has 0 aromatic carbocycles. The number of rotatable bonds is 10. The summed E-state index contributed by atoms with van der Waals surface area (Å²) in [6, 6.07) is 0. The molecule has 0 aliphatic rings. The van der Waals surface area contributed by atoms with Gasteiger partial charge in [-0.2, -0.15) is 0 Å². The van der Waals surface area contributed by atoms with Crippen molar-refractivity contribution in [2.45, 2.75) is 25.7 Å². The van der Waals surface area contributed by atoms with E-state index >= 15 is 0 Å². The summed E-state index contributed by atoms with van der Waals surface area (Å²) in [4.78, 5) is 11.1. The summed E-state index contributed by atoms with van der Waals surface area (Å²) in [5.41, 5.74) is 0. The number of hydrogen-bond donors (Lipinski definition) is 0. The highest BCUT2D eigenvalue weighted by atomic mass is 127. The summed E-state index contributed by atoms with van der Waals surface area (Å²) in [7, 11) is -4.03. The summed E-state index contributed by atoms with van der Waals surface area (Å²) in [5.74, 6) is 0. The van der Waals surface area contributed by atoms with Crippen LogP contribution >= 0.6 is 53.0 Å². The molecule has 0 aromatic heterocycles. The lowest BCUT2D eigenvalue weighted by Gasteiger charge is -2.09. The van der Waals surface area contributed by atoms with Crippen molar-refractivity contribution in [3.05, 3.63) is 0 Å². The molecule has 0 saturated heterocycles. The minimum atomic E-state index is -4.03. The predicted octanol–water partition coefficient (Wildman–Crippen LogP) is 3.99. The van der Waals surface area contributed by atoms with Gasteiger partial charge in [-0.1, -0.05) is 45.2 Å². The SMILES string of the molecule is [O]P(=O)(OCCCCI)OCCCCI. The molecular weight excluding hydrogens is 445 g/mol. The predicted molar refractivity (Wildman–Crippen MR) is 76.4 cm³/mol. The van der Waals surface area contributed by atoms with E-state index < -0.39 is 7.82 Å². The summed E-state index contributed by atoms with van der Waals surface area (Å²) in [5, 5.41) is 0. The first-order chi connectivity index (χ1) is 7.12. The normalized spacial score (nSPS) is 11.9. The van der Waals surface area contributed by atoms with Gasteiger partial charge in [0.1, 0.15) is 0 Å². The van der Waals surface area contributed by atoms with Crippen molar-refractivity contribution >= 4 is 53.0 Å². The van der Waals surface area contributed by atoms with Gasteiger partial charge in [-0.3, -0.25) is 9.05 Å². The van der Waals surface area contributed by atoms with Crippen LogP contribution < -0.4 is 0 Å². The van der Waals surface area contributed by atoms with Crippen LogP contribution in [-0.2, 0) is 18.5 Å². The van der Waals surface area contributed by atoms with Crippen LogP contribution in [0.1, 0.15) is 25.7 Å². The Morgan fingerprint density at radius 3 is 1.60 bits per heavy atom. The van der Waals surface area contributed by atoms with Gasteiger partial charge in [-0.15, -0.1) is 4.89 Å². The van der Waals surface area contributed by atoms with Crippen LogP contribution in [0, 0.1) is 0 Å². The number of alkyl halides is 2. The average Bonchev–Trinajstić information content (AvgIpc) is 2.20. The van der Waals surface area contributed by atoms with Gasteiger partial charge >= 0.3 is 7.82 Å². The van der Waals surface area contributed by atoms with E-state index in [1.165, 1.54) is 0 Å². The first kappa shape index (κ1) is 16.6. The lowest BCUT2D eigenvalue weighted by Crippen LogP contribution is -1.98. The molecule has 4 nitrogen and oxygen atoms in total. The molecular formula is C8H16I2O4P. The Hall–Kier alpha value is 1.57. The van der Waals surface area contributed by atoms with Crippen LogP contribution in [-0.4, -0.2) is 22.1 Å². The van der Waals surface area contributed by atoms with Gasteiger partial charge in [-0.25, -0.2) is 4.57 Å². The van der Waals surface area contributed by atoms with Crippen LogP contribution in [0.2, 0.25) is 0 Å². The van der Waals surface area contributed by atoms with E-state index in [0.29, 0.717) is 0 Å². The maximum absolute atomic E-state index is 11.1. The average molecular weight is 461 g/mol. The topological polar surface area (TPSA) is 55.4 Å². The van der Waals surface area contributed by atoms with Crippen molar-refractivity contribution in [3.63, 3.8) is 0 Å². The molecule has 0 spiro atoms. The van der Waals surface area contributed by atoms with Gasteiger partial charge in [0.15, 0.2) is 0 Å². The molecule has 15 heavy (non-hydrogen) atoms. The minimum absolute atomic E-state index is 0.232. The number of unbranched alkanes of at least 4 members (excludes halogenated alkanes) is 2. The molecule has 0 N–H and O–H groups in total. The van der Waals surface area contributed by atoms with Gasteiger partial charge in [0.05, 0.1) is 13.2 Å². The molecule has 0 rings (SSSR count). The highest BCUT2D eigenvalue weighted by molar-refractivity contribution is 14.1. The van der Waals surface area contributed by atoms with Gasteiger partial charge in [0, 0.05) is 0 Å².